The Labute approximate surface area is 125 Å². The zero-order valence-electron chi connectivity index (χ0n) is 12.3. The van der Waals surface area contributed by atoms with Gasteiger partial charge in [0.2, 0.25) is 0 Å². The van der Waals surface area contributed by atoms with Crippen molar-refractivity contribution in [3.63, 3.8) is 0 Å². The molecule has 1 atom stereocenters. The summed E-state index contributed by atoms with van der Waals surface area (Å²) in [6, 6.07) is 7.78. The van der Waals surface area contributed by atoms with Crippen LogP contribution in [0.2, 0.25) is 0 Å². The fourth-order valence-corrected chi connectivity index (χ4v) is 2.35. The molecule has 1 heterocycles. The second-order valence-corrected chi connectivity index (χ2v) is 5.13. The third kappa shape index (κ3) is 4.32. The van der Waals surface area contributed by atoms with Crippen LogP contribution in [0.5, 0.6) is 0 Å². The van der Waals surface area contributed by atoms with Crippen molar-refractivity contribution in [3.8, 4) is 11.8 Å². The van der Waals surface area contributed by atoms with Gasteiger partial charge in [0, 0.05) is 32.2 Å². The molecule has 1 aromatic rings. The highest BCUT2D eigenvalue weighted by molar-refractivity contribution is 5.81. The van der Waals surface area contributed by atoms with E-state index in [-0.39, 0.29) is 18.6 Å². The molecule has 0 bridgehead atoms. The van der Waals surface area contributed by atoms with Crippen LogP contribution < -0.4 is 0 Å². The van der Waals surface area contributed by atoms with Crippen LogP contribution in [0.15, 0.2) is 24.3 Å². The summed E-state index contributed by atoms with van der Waals surface area (Å²) in [5.74, 6) is 6.00. The van der Waals surface area contributed by atoms with Gasteiger partial charge in [-0.2, -0.15) is 0 Å². The van der Waals surface area contributed by atoms with E-state index in [4.69, 9.17) is 9.84 Å². The summed E-state index contributed by atoms with van der Waals surface area (Å²) in [6.45, 7) is 1.25. The molecule has 2 rings (SSSR count). The molecule has 1 fully saturated rings. The van der Waals surface area contributed by atoms with Gasteiger partial charge in [-0.25, -0.2) is 0 Å². The Balaban J connectivity index is 2.05. The molecule has 0 spiro atoms. The van der Waals surface area contributed by atoms with Crippen LogP contribution in [0, 0.1) is 11.8 Å². The third-order valence-corrected chi connectivity index (χ3v) is 3.47. The second-order valence-electron chi connectivity index (χ2n) is 5.13. The van der Waals surface area contributed by atoms with Crippen LogP contribution in [-0.2, 0) is 16.1 Å². The minimum atomic E-state index is -0.289. The summed E-state index contributed by atoms with van der Waals surface area (Å²) in [5, 5.41) is 8.78. The van der Waals surface area contributed by atoms with E-state index in [1.807, 2.05) is 24.3 Å². The fourth-order valence-electron chi connectivity index (χ4n) is 2.35. The Bertz CT molecular complexity index is 538. The number of aliphatic hydroxyl groups excluding tert-OH is 1. The molecule has 1 saturated heterocycles. The van der Waals surface area contributed by atoms with E-state index in [0.717, 1.165) is 24.0 Å². The summed E-state index contributed by atoms with van der Waals surface area (Å²) in [5.41, 5.74) is 1.91. The molecule has 1 aliphatic rings. The first-order chi connectivity index (χ1) is 10.2. The molecule has 0 radical (unpaired) electrons. The Hall–Kier alpha value is -1.83. The van der Waals surface area contributed by atoms with Crippen LogP contribution >= 0.6 is 0 Å². The number of hydrogen-bond donors (Lipinski definition) is 1. The number of rotatable bonds is 4. The topological polar surface area (TPSA) is 49.8 Å². The normalized spacial score (nSPS) is 17.1. The minimum Gasteiger partial charge on any atom is -0.395 e. The molecule has 1 amide bonds. The number of carbonyl (C=O) groups is 1. The molecule has 1 aliphatic heterocycles. The largest absolute Gasteiger partial charge is 0.395 e. The SMILES string of the molecule is CN(Cc1ccccc1C#CCCO)C(=O)C1CCCO1. The molecule has 21 heavy (non-hydrogen) atoms. The zero-order valence-corrected chi connectivity index (χ0v) is 12.3. The molecule has 1 aromatic carbocycles. The van der Waals surface area contributed by atoms with Gasteiger partial charge in [-0.1, -0.05) is 30.0 Å². The molecular formula is C17H21NO3. The van der Waals surface area contributed by atoms with Crippen LogP contribution in [0.3, 0.4) is 0 Å². The summed E-state index contributed by atoms with van der Waals surface area (Å²) in [4.78, 5) is 14.0. The number of carbonyl (C=O) groups excluding carboxylic acids is 1. The Kier molecular flexibility index (Phi) is 5.79. The number of ether oxygens (including phenoxy) is 1. The van der Waals surface area contributed by atoms with Gasteiger partial charge >= 0.3 is 0 Å². The number of amides is 1. The predicted molar refractivity (Wildman–Crippen MR) is 80.5 cm³/mol. The average molecular weight is 287 g/mol. The number of hydrogen-bond acceptors (Lipinski definition) is 3. The Morgan fingerprint density at radius 2 is 2.29 bits per heavy atom. The molecule has 4 heteroatoms. The smallest absolute Gasteiger partial charge is 0.251 e. The summed E-state index contributed by atoms with van der Waals surface area (Å²) in [7, 11) is 1.79. The number of aliphatic hydroxyl groups is 1. The van der Waals surface area contributed by atoms with Crippen molar-refractivity contribution in [3.05, 3.63) is 35.4 Å². The minimum absolute atomic E-state index is 0.0330. The average Bonchev–Trinajstić information content (AvgIpc) is 3.02. The Morgan fingerprint density at radius 3 is 3.00 bits per heavy atom. The molecule has 0 aromatic heterocycles. The van der Waals surface area contributed by atoms with Crippen LogP contribution in [0.4, 0.5) is 0 Å². The van der Waals surface area contributed by atoms with E-state index >= 15 is 0 Å². The number of benzene rings is 1. The van der Waals surface area contributed by atoms with E-state index in [1.54, 1.807) is 11.9 Å². The van der Waals surface area contributed by atoms with Crippen molar-refractivity contribution in [2.75, 3.05) is 20.3 Å². The fraction of sp³-hybridized carbons (Fsp3) is 0.471. The van der Waals surface area contributed by atoms with Gasteiger partial charge in [0.05, 0.1) is 6.61 Å². The van der Waals surface area contributed by atoms with E-state index in [2.05, 4.69) is 11.8 Å². The van der Waals surface area contributed by atoms with Crippen LogP contribution in [0.1, 0.15) is 30.4 Å². The molecule has 0 saturated carbocycles. The van der Waals surface area contributed by atoms with Gasteiger partial charge in [-0.3, -0.25) is 4.79 Å². The first-order valence-electron chi connectivity index (χ1n) is 7.26. The van der Waals surface area contributed by atoms with Gasteiger partial charge in [-0.15, -0.1) is 0 Å². The van der Waals surface area contributed by atoms with Crippen LogP contribution in [0.25, 0.3) is 0 Å². The summed E-state index contributed by atoms with van der Waals surface area (Å²) in [6.07, 6.45) is 1.93. The lowest BCUT2D eigenvalue weighted by Crippen LogP contribution is -2.35. The van der Waals surface area contributed by atoms with Crippen molar-refractivity contribution >= 4 is 5.91 Å². The molecule has 0 aliphatic carbocycles. The molecule has 4 nitrogen and oxygen atoms in total. The third-order valence-electron chi connectivity index (χ3n) is 3.47. The lowest BCUT2D eigenvalue weighted by atomic mass is 10.1. The van der Waals surface area contributed by atoms with Crippen molar-refractivity contribution in [1.29, 1.82) is 0 Å². The maximum atomic E-state index is 12.3. The number of nitrogens with zero attached hydrogens (tertiary/aromatic N) is 1. The molecular weight excluding hydrogens is 266 g/mol. The Morgan fingerprint density at radius 1 is 1.48 bits per heavy atom. The number of likely N-dealkylation sites (N-methyl/N-ethyl adjacent to an activating group) is 1. The standard InChI is InChI=1S/C17H21NO3/c1-18(17(20)16-10-6-12-21-16)13-15-9-3-2-7-14(15)8-4-5-11-19/h2-3,7,9,16,19H,5-6,10-13H2,1H3. The van der Waals surface area contributed by atoms with Crippen LogP contribution in [-0.4, -0.2) is 42.3 Å². The van der Waals surface area contributed by atoms with Gasteiger partial charge < -0.3 is 14.7 Å². The first-order valence-corrected chi connectivity index (χ1v) is 7.26. The highest BCUT2D eigenvalue weighted by Crippen LogP contribution is 2.16. The zero-order chi connectivity index (χ0) is 15.1. The maximum Gasteiger partial charge on any atom is 0.251 e. The summed E-state index contributed by atoms with van der Waals surface area (Å²) < 4.78 is 5.44. The van der Waals surface area contributed by atoms with Crippen molar-refractivity contribution < 1.29 is 14.6 Å². The second kappa shape index (κ2) is 7.82. The van der Waals surface area contributed by atoms with Gasteiger partial charge in [0.1, 0.15) is 6.10 Å². The van der Waals surface area contributed by atoms with Crippen molar-refractivity contribution in [1.82, 2.24) is 4.90 Å². The lowest BCUT2D eigenvalue weighted by Gasteiger charge is -2.21. The predicted octanol–water partition coefficient (Wildman–Crippen LogP) is 1.56. The molecule has 1 unspecified atom stereocenters. The summed E-state index contributed by atoms with van der Waals surface area (Å²) >= 11 is 0. The van der Waals surface area contributed by atoms with Crippen molar-refractivity contribution in [2.24, 2.45) is 0 Å². The van der Waals surface area contributed by atoms with E-state index in [0.29, 0.717) is 19.6 Å². The van der Waals surface area contributed by atoms with Crippen molar-refractivity contribution in [2.45, 2.75) is 31.9 Å². The first kappa shape index (κ1) is 15.6. The van der Waals surface area contributed by atoms with Gasteiger partial charge in [-0.05, 0) is 24.5 Å². The highest BCUT2D eigenvalue weighted by Gasteiger charge is 2.26. The van der Waals surface area contributed by atoms with Gasteiger partial charge in [0.15, 0.2) is 0 Å². The molecule has 112 valence electrons. The van der Waals surface area contributed by atoms with E-state index in [1.165, 1.54) is 0 Å². The highest BCUT2D eigenvalue weighted by atomic mass is 16.5. The maximum absolute atomic E-state index is 12.3. The molecule has 1 N–H and O–H groups in total. The quantitative estimate of drug-likeness (QED) is 0.855. The lowest BCUT2D eigenvalue weighted by molar-refractivity contribution is -0.140. The van der Waals surface area contributed by atoms with Gasteiger partial charge in [0.25, 0.3) is 5.91 Å². The monoisotopic (exact) mass is 287 g/mol. The van der Waals surface area contributed by atoms with E-state index in [9.17, 15) is 4.79 Å². The van der Waals surface area contributed by atoms with E-state index < -0.39 is 0 Å².